The van der Waals surface area contributed by atoms with Gasteiger partial charge in [-0.05, 0) is 18.8 Å². The summed E-state index contributed by atoms with van der Waals surface area (Å²) >= 11 is 0. The summed E-state index contributed by atoms with van der Waals surface area (Å²) in [6, 6.07) is 0.364. The molecule has 1 aliphatic rings. The van der Waals surface area contributed by atoms with Gasteiger partial charge in [0.2, 0.25) is 0 Å². The third-order valence-corrected chi connectivity index (χ3v) is 3.78. The summed E-state index contributed by atoms with van der Waals surface area (Å²) < 4.78 is 1.70. The molecule has 1 fully saturated rings. The van der Waals surface area contributed by atoms with Crippen LogP contribution in [0, 0.1) is 12.1 Å². The van der Waals surface area contributed by atoms with Crippen LogP contribution in [0.15, 0.2) is 6.20 Å². The van der Waals surface area contributed by atoms with Gasteiger partial charge in [0.15, 0.2) is 5.82 Å². The number of aliphatic hydroxyl groups is 1. The number of nitrogens with one attached hydrogen (secondary N) is 1. The van der Waals surface area contributed by atoms with Crippen LogP contribution in [0.4, 0.5) is 0 Å². The Hall–Kier alpha value is -1.40. The van der Waals surface area contributed by atoms with Gasteiger partial charge in [-0.1, -0.05) is 12.8 Å². The molecular formula is C13H21N4O2. The molecule has 0 saturated heterocycles. The van der Waals surface area contributed by atoms with Crippen LogP contribution in [0.1, 0.15) is 36.3 Å². The second-order valence-electron chi connectivity index (χ2n) is 5.04. The molecule has 1 aromatic rings. The number of carbonyl (C=O) groups excluding carboxylic acids is 1. The third-order valence-electron chi connectivity index (χ3n) is 3.78. The first-order chi connectivity index (χ1) is 9.22. The summed E-state index contributed by atoms with van der Waals surface area (Å²) in [5.41, 5.74) is 5.22. The van der Waals surface area contributed by atoms with Crippen molar-refractivity contribution in [3.05, 3.63) is 18.2 Å². The third kappa shape index (κ3) is 3.54. The Kier molecular flexibility index (Phi) is 4.93. The highest BCUT2D eigenvalue weighted by Crippen LogP contribution is 2.23. The number of hydrogen-bond acceptors (Lipinski definition) is 4. The van der Waals surface area contributed by atoms with Gasteiger partial charge in [-0.25, -0.2) is 4.98 Å². The number of nitrogens with two attached hydrogens (primary N) is 1. The first-order valence-electron chi connectivity index (χ1n) is 6.79. The second-order valence-corrected chi connectivity index (χ2v) is 5.04. The zero-order valence-corrected chi connectivity index (χ0v) is 11.0. The van der Waals surface area contributed by atoms with Crippen LogP contribution in [0.25, 0.3) is 0 Å². The van der Waals surface area contributed by atoms with Crippen molar-refractivity contribution in [3.8, 4) is 0 Å². The monoisotopic (exact) mass is 265 g/mol. The molecule has 1 radical (unpaired) electrons. The van der Waals surface area contributed by atoms with Crippen molar-refractivity contribution in [2.75, 3.05) is 13.2 Å². The van der Waals surface area contributed by atoms with Crippen LogP contribution in [-0.2, 0) is 6.54 Å². The van der Waals surface area contributed by atoms with Crippen LogP contribution in [0.2, 0.25) is 0 Å². The number of nitrogens with zero attached hydrogens (tertiary/aromatic N) is 2. The van der Waals surface area contributed by atoms with Gasteiger partial charge in [-0.2, -0.15) is 0 Å². The molecule has 1 amide bonds. The first kappa shape index (κ1) is 14.0. The van der Waals surface area contributed by atoms with Crippen LogP contribution >= 0.6 is 0 Å². The summed E-state index contributed by atoms with van der Waals surface area (Å²) in [4.78, 5) is 14.9. The normalized spacial score (nSPS) is 23.4. The highest BCUT2D eigenvalue weighted by atomic mass is 16.3. The standard InChI is InChI=1S/C13H21N4O2/c14-12(19)13-16-6-8-17(13)7-5-15-11-4-2-1-3-10(11)9-18/h8,10-11,15,18H,1-5,7,9H2,(H2,14,19)/t10-,11-/m1/s1. The molecule has 0 spiro atoms. The van der Waals surface area contributed by atoms with E-state index in [0.29, 0.717) is 18.5 Å². The van der Waals surface area contributed by atoms with Crippen molar-refractivity contribution in [3.63, 3.8) is 0 Å². The second kappa shape index (κ2) is 6.68. The van der Waals surface area contributed by atoms with Gasteiger partial charge in [0, 0.05) is 31.9 Å². The van der Waals surface area contributed by atoms with Crippen LogP contribution in [-0.4, -0.2) is 39.8 Å². The molecule has 0 aromatic carbocycles. The van der Waals surface area contributed by atoms with Crippen LogP contribution < -0.4 is 11.1 Å². The minimum Gasteiger partial charge on any atom is -0.396 e. The Labute approximate surface area is 113 Å². The Morgan fingerprint density at radius 3 is 3.11 bits per heavy atom. The number of primary amides is 1. The highest BCUT2D eigenvalue weighted by Gasteiger charge is 2.23. The Bertz CT molecular complexity index is 419. The molecule has 1 aliphatic carbocycles. The number of carbonyl (C=O) groups is 1. The van der Waals surface area contributed by atoms with Crippen molar-refractivity contribution in [1.82, 2.24) is 14.9 Å². The number of aliphatic hydroxyl groups excluding tert-OH is 1. The van der Waals surface area contributed by atoms with E-state index in [1.165, 1.54) is 12.8 Å². The molecule has 2 rings (SSSR count). The van der Waals surface area contributed by atoms with Gasteiger partial charge < -0.3 is 20.7 Å². The minimum absolute atomic E-state index is 0.239. The number of hydrogen-bond donors (Lipinski definition) is 3. The number of aromatic nitrogens is 2. The van der Waals surface area contributed by atoms with E-state index in [4.69, 9.17) is 5.73 Å². The maximum atomic E-state index is 11.1. The fourth-order valence-electron chi connectivity index (χ4n) is 2.72. The quantitative estimate of drug-likeness (QED) is 0.671. The van der Waals surface area contributed by atoms with E-state index in [1.54, 1.807) is 10.8 Å². The smallest absolute Gasteiger partial charge is 0.284 e. The molecule has 19 heavy (non-hydrogen) atoms. The Morgan fingerprint density at radius 1 is 1.58 bits per heavy atom. The highest BCUT2D eigenvalue weighted by molar-refractivity contribution is 5.89. The molecule has 1 heterocycles. The zero-order valence-electron chi connectivity index (χ0n) is 11.0. The number of rotatable bonds is 6. The average Bonchev–Trinajstić information content (AvgIpc) is 2.88. The largest absolute Gasteiger partial charge is 0.396 e. The van der Waals surface area contributed by atoms with Crippen molar-refractivity contribution in [2.45, 2.75) is 38.3 Å². The zero-order chi connectivity index (χ0) is 13.7. The van der Waals surface area contributed by atoms with E-state index in [0.717, 1.165) is 19.4 Å². The van der Waals surface area contributed by atoms with E-state index >= 15 is 0 Å². The Morgan fingerprint density at radius 2 is 2.37 bits per heavy atom. The summed E-state index contributed by atoms with van der Waals surface area (Å²) in [6.45, 7) is 1.60. The number of amides is 1. The molecule has 1 saturated carbocycles. The molecule has 0 unspecified atom stereocenters. The number of imidazole rings is 1. The molecule has 0 bridgehead atoms. The van der Waals surface area contributed by atoms with Gasteiger partial charge >= 0.3 is 0 Å². The fraction of sp³-hybridized carbons (Fsp3) is 0.692. The van der Waals surface area contributed by atoms with Gasteiger partial charge in [0.25, 0.3) is 5.91 Å². The molecule has 6 heteroatoms. The predicted octanol–water partition coefficient (Wildman–Crippen LogP) is -0.0771. The van der Waals surface area contributed by atoms with Crippen LogP contribution in [0.5, 0.6) is 0 Å². The molecule has 105 valence electrons. The van der Waals surface area contributed by atoms with Crippen molar-refractivity contribution in [2.24, 2.45) is 11.7 Å². The van der Waals surface area contributed by atoms with E-state index in [9.17, 15) is 9.90 Å². The van der Waals surface area contributed by atoms with E-state index in [1.807, 2.05) is 0 Å². The maximum Gasteiger partial charge on any atom is 0.284 e. The summed E-state index contributed by atoms with van der Waals surface area (Å²) in [6.07, 6.45) is 8.86. The lowest BCUT2D eigenvalue weighted by molar-refractivity contribution is 0.0986. The Balaban J connectivity index is 1.82. The molecule has 0 aliphatic heterocycles. The predicted molar refractivity (Wildman–Crippen MR) is 70.4 cm³/mol. The lowest BCUT2D eigenvalue weighted by Crippen LogP contribution is -2.41. The van der Waals surface area contributed by atoms with Gasteiger partial charge in [0.1, 0.15) is 6.20 Å². The lowest BCUT2D eigenvalue weighted by atomic mass is 9.85. The molecular weight excluding hydrogens is 244 g/mol. The fourth-order valence-corrected chi connectivity index (χ4v) is 2.72. The molecule has 4 N–H and O–H groups in total. The SMILES string of the molecule is NC(=O)c1n[c]cn1CCN[C@@H]1CCCC[C@@H]1CO. The van der Waals surface area contributed by atoms with E-state index < -0.39 is 5.91 Å². The summed E-state index contributed by atoms with van der Waals surface area (Å²) in [5.74, 6) is 0.0509. The molecule has 6 nitrogen and oxygen atoms in total. The maximum absolute atomic E-state index is 11.1. The van der Waals surface area contributed by atoms with Gasteiger partial charge in [-0.15, -0.1) is 0 Å². The van der Waals surface area contributed by atoms with E-state index in [-0.39, 0.29) is 12.4 Å². The van der Waals surface area contributed by atoms with Crippen molar-refractivity contribution < 1.29 is 9.90 Å². The topological polar surface area (TPSA) is 93.2 Å². The minimum atomic E-state index is -0.535. The average molecular weight is 265 g/mol. The van der Waals surface area contributed by atoms with Crippen molar-refractivity contribution in [1.29, 1.82) is 0 Å². The van der Waals surface area contributed by atoms with E-state index in [2.05, 4.69) is 16.5 Å². The van der Waals surface area contributed by atoms with Gasteiger partial charge in [-0.3, -0.25) is 4.79 Å². The molecule has 2 atom stereocenters. The van der Waals surface area contributed by atoms with Gasteiger partial charge in [0.05, 0.1) is 0 Å². The van der Waals surface area contributed by atoms with Crippen LogP contribution in [0.3, 0.4) is 0 Å². The lowest BCUT2D eigenvalue weighted by Gasteiger charge is -2.31. The molecule has 1 aromatic heterocycles. The van der Waals surface area contributed by atoms with Crippen molar-refractivity contribution >= 4 is 5.91 Å². The summed E-state index contributed by atoms with van der Waals surface area (Å²) in [7, 11) is 0. The first-order valence-corrected chi connectivity index (χ1v) is 6.79. The summed E-state index contributed by atoms with van der Waals surface area (Å²) in [5, 5.41) is 12.8.